The normalized spacial score (nSPS) is 15.4. The molecule has 0 saturated heterocycles. The second-order valence-electron chi connectivity index (χ2n) is 3.63. The molecule has 1 aromatic heterocycles. The van der Waals surface area contributed by atoms with E-state index in [4.69, 9.17) is 0 Å². The van der Waals surface area contributed by atoms with Crippen molar-refractivity contribution < 1.29 is 4.79 Å². The molecule has 0 aromatic carbocycles. The largest absolute Gasteiger partial charge is 0.348 e. The van der Waals surface area contributed by atoms with E-state index >= 15 is 0 Å². The smallest absolute Gasteiger partial charge is 0.253 e. The van der Waals surface area contributed by atoms with Crippen molar-refractivity contribution in [3.05, 3.63) is 35.7 Å². The number of rotatable bonds is 3. The lowest BCUT2D eigenvalue weighted by Gasteiger charge is -2.14. The van der Waals surface area contributed by atoms with Crippen molar-refractivity contribution in [2.45, 2.75) is 6.42 Å². The minimum Gasteiger partial charge on any atom is -0.348 e. The van der Waals surface area contributed by atoms with E-state index in [-0.39, 0.29) is 5.91 Å². The predicted molar refractivity (Wildman–Crippen MR) is 59.9 cm³/mol. The summed E-state index contributed by atoms with van der Waals surface area (Å²) in [6.45, 7) is 2.49. The highest BCUT2D eigenvalue weighted by molar-refractivity contribution is 5.93. The SMILES string of the molecule is O=C(NCC1=CCNCC1)c1ccnnc1. The minimum absolute atomic E-state index is 0.102. The van der Waals surface area contributed by atoms with Crippen molar-refractivity contribution in [3.8, 4) is 0 Å². The van der Waals surface area contributed by atoms with Gasteiger partial charge in [0.25, 0.3) is 5.91 Å². The Morgan fingerprint density at radius 2 is 2.44 bits per heavy atom. The Morgan fingerprint density at radius 3 is 3.12 bits per heavy atom. The molecule has 2 N–H and O–H groups in total. The molecule has 5 nitrogen and oxygen atoms in total. The molecule has 0 spiro atoms. The number of carbonyl (C=O) groups excluding carboxylic acids is 1. The van der Waals surface area contributed by atoms with Crippen LogP contribution in [0.2, 0.25) is 0 Å². The maximum Gasteiger partial charge on any atom is 0.253 e. The van der Waals surface area contributed by atoms with Crippen LogP contribution >= 0.6 is 0 Å². The van der Waals surface area contributed by atoms with Crippen molar-refractivity contribution in [3.63, 3.8) is 0 Å². The summed E-state index contributed by atoms with van der Waals surface area (Å²) in [5.41, 5.74) is 1.82. The summed E-state index contributed by atoms with van der Waals surface area (Å²) in [4.78, 5) is 11.7. The van der Waals surface area contributed by atoms with E-state index in [1.54, 1.807) is 6.07 Å². The third-order valence-electron chi connectivity index (χ3n) is 2.48. The first kappa shape index (κ1) is 10.8. The lowest BCUT2D eigenvalue weighted by Crippen LogP contribution is -2.29. The number of nitrogens with zero attached hydrogens (tertiary/aromatic N) is 2. The maximum absolute atomic E-state index is 11.7. The van der Waals surface area contributed by atoms with Crippen molar-refractivity contribution >= 4 is 5.91 Å². The number of hydrogen-bond acceptors (Lipinski definition) is 4. The van der Waals surface area contributed by atoms with Gasteiger partial charge in [0.2, 0.25) is 0 Å². The first-order chi connectivity index (χ1) is 7.86. The van der Waals surface area contributed by atoms with Crippen LogP contribution in [0.15, 0.2) is 30.1 Å². The second-order valence-corrected chi connectivity index (χ2v) is 3.63. The highest BCUT2D eigenvalue weighted by Gasteiger charge is 2.07. The van der Waals surface area contributed by atoms with Crippen LogP contribution in [-0.4, -0.2) is 35.7 Å². The van der Waals surface area contributed by atoms with E-state index in [9.17, 15) is 4.79 Å². The van der Waals surface area contributed by atoms with Crippen molar-refractivity contribution in [1.82, 2.24) is 20.8 Å². The van der Waals surface area contributed by atoms with Gasteiger partial charge in [-0.3, -0.25) is 4.79 Å². The van der Waals surface area contributed by atoms with Gasteiger partial charge in [-0.2, -0.15) is 10.2 Å². The zero-order chi connectivity index (χ0) is 11.2. The maximum atomic E-state index is 11.7. The number of nitrogens with one attached hydrogen (secondary N) is 2. The molecule has 0 atom stereocenters. The van der Waals surface area contributed by atoms with E-state index in [0.717, 1.165) is 19.5 Å². The van der Waals surface area contributed by atoms with E-state index in [2.05, 4.69) is 26.9 Å². The molecular formula is C11H14N4O. The lowest BCUT2D eigenvalue weighted by atomic mass is 10.1. The summed E-state index contributed by atoms with van der Waals surface area (Å²) in [5, 5.41) is 13.4. The Morgan fingerprint density at radius 1 is 1.50 bits per heavy atom. The van der Waals surface area contributed by atoms with Crippen molar-refractivity contribution in [2.24, 2.45) is 0 Å². The number of amides is 1. The van der Waals surface area contributed by atoms with Crippen LogP contribution in [0.5, 0.6) is 0 Å². The first-order valence-electron chi connectivity index (χ1n) is 5.30. The molecule has 1 aliphatic rings. The third-order valence-corrected chi connectivity index (χ3v) is 2.48. The topological polar surface area (TPSA) is 66.9 Å². The molecule has 16 heavy (non-hydrogen) atoms. The fourth-order valence-corrected chi connectivity index (χ4v) is 1.55. The quantitative estimate of drug-likeness (QED) is 0.707. The molecular weight excluding hydrogens is 204 g/mol. The van der Waals surface area contributed by atoms with E-state index in [1.807, 2.05) is 0 Å². The highest BCUT2D eigenvalue weighted by Crippen LogP contribution is 2.03. The summed E-state index contributed by atoms with van der Waals surface area (Å²) in [6.07, 6.45) is 6.09. The molecule has 0 saturated carbocycles. The van der Waals surface area contributed by atoms with Gasteiger partial charge in [-0.15, -0.1) is 0 Å². The van der Waals surface area contributed by atoms with Gasteiger partial charge >= 0.3 is 0 Å². The van der Waals surface area contributed by atoms with Crippen LogP contribution in [0.3, 0.4) is 0 Å². The Hall–Kier alpha value is -1.75. The molecule has 0 unspecified atom stereocenters. The summed E-state index contributed by atoms with van der Waals surface area (Å²) in [6, 6.07) is 1.65. The van der Waals surface area contributed by atoms with Crippen LogP contribution in [-0.2, 0) is 0 Å². The van der Waals surface area contributed by atoms with Crippen LogP contribution in [0.4, 0.5) is 0 Å². The van der Waals surface area contributed by atoms with Gasteiger partial charge in [-0.25, -0.2) is 0 Å². The Labute approximate surface area is 94.0 Å². The van der Waals surface area contributed by atoms with Crippen LogP contribution in [0.25, 0.3) is 0 Å². The number of aromatic nitrogens is 2. The zero-order valence-electron chi connectivity index (χ0n) is 8.94. The lowest BCUT2D eigenvalue weighted by molar-refractivity contribution is 0.0956. The van der Waals surface area contributed by atoms with Gasteiger partial charge in [0.1, 0.15) is 0 Å². The molecule has 0 aliphatic carbocycles. The average molecular weight is 218 g/mol. The highest BCUT2D eigenvalue weighted by atomic mass is 16.1. The first-order valence-corrected chi connectivity index (χ1v) is 5.30. The van der Waals surface area contributed by atoms with Gasteiger partial charge in [-0.1, -0.05) is 11.6 Å². The molecule has 1 amide bonds. The molecule has 1 aromatic rings. The number of carbonyl (C=O) groups is 1. The van der Waals surface area contributed by atoms with Crippen LogP contribution < -0.4 is 10.6 Å². The second kappa shape index (κ2) is 5.37. The monoisotopic (exact) mass is 218 g/mol. The molecule has 2 heterocycles. The summed E-state index contributed by atoms with van der Waals surface area (Å²) >= 11 is 0. The minimum atomic E-state index is -0.102. The Kier molecular flexibility index (Phi) is 3.61. The fraction of sp³-hybridized carbons (Fsp3) is 0.364. The molecule has 1 aliphatic heterocycles. The van der Waals surface area contributed by atoms with Gasteiger partial charge in [0, 0.05) is 13.1 Å². The van der Waals surface area contributed by atoms with E-state index < -0.39 is 0 Å². The van der Waals surface area contributed by atoms with E-state index in [1.165, 1.54) is 18.0 Å². The molecule has 0 radical (unpaired) electrons. The third kappa shape index (κ3) is 2.87. The van der Waals surface area contributed by atoms with Gasteiger partial charge in [0.15, 0.2) is 0 Å². The molecule has 5 heteroatoms. The van der Waals surface area contributed by atoms with Crippen molar-refractivity contribution in [2.75, 3.05) is 19.6 Å². The summed E-state index contributed by atoms with van der Waals surface area (Å²) < 4.78 is 0. The molecule has 2 rings (SSSR count). The fourth-order valence-electron chi connectivity index (χ4n) is 1.55. The number of hydrogen-bond donors (Lipinski definition) is 2. The molecule has 0 fully saturated rings. The predicted octanol–water partition coefficient (Wildman–Crippen LogP) is 0.126. The Bertz CT molecular complexity index is 388. The van der Waals surface area contributed by atoms with Crippen LogP contribution in [0.1, 0.15) is 16.8 Å². The van der Waals surface area contributed by atoms with Gasteiger partial charge < -0.3 is 10.6 Å². The van der Waals surface area contributed by atoms with Gasteiger partial charge in [-0.05, 0) is 19.0 Å². The Balaban J connectivity index is 1.86. The zero-order valence-corrected chi connectivity index (χ0v) is 8.94. The van der Waals surface area contributed by atoms with Crippen molar-refractivity contribution in [1.29, 1.82) is 0 Å². The average Bonchev–Trinajstić information content (AvgIpc) is 2.38. The molecule has 0 bridgehead atoms. The summed E-state index contributed by atoms with van der Waals surface area (Å²) in [5.74, 6) is -0.102. The van der Waals surface area contributed by atoms with Gasteiger partial charge in [0.05, 0.1) is 18.0 Å². The van der Waals surface area contributed by atoms with Crippen LogP contribution in [0, 0.1) is 0 Å². The standard InChI is InChI=1S/C11H14N4O/c16-11(10-3-6-14-15-8-10)13-7-9-1-4-12-5-2-9/h1,3,6,8,12H,2,4-5,7H2,(H,13,16). The molecule has 84 valence electrons. The summed E-state index contributed by atoms with van der Waals surface area (Å²) in [7, 11) is 0. The van der Waals surface area contributed by atoms with E-state index in [0.29, 0.717) is 12.1 Å².